The number of nitrogens with zero attached hydrogens (tertiary/aromatic N) is 2. The van der Waals surface area contributed by atoms with Gasteiger partial charge in [-0.3, -0.25) is 0 Å². The van der Waals surface area contributed by atoms with Gasteiger partial charge in [-0.05, 0) is 24.6 Å². The van der Waals surface area contributed by atoms with Crippen molar-refractivity contribution in [3.8, 4) is 5.75 Å². The third kappa shape index (κ3) is 1.25. The molecular formula is C10H11N3O. The summed E-state index contributed by atoms with van der Waals surface area (Å²) in [5.74, 6) is 1.28. The monoisotopic (exact) mass is 189 g/mol. The summed E-state index contributed by atoms with van der Waals surface area (Å²) < 4.78 is 5.20. The number of fused-ring (bicyclic) bond motifs is 1. The Kier molecular flexibility index (Phi) is 1.96. The standard InChI is InChI=1S/C10H11N3O/c1-6-3-8-7(4-9(6)14-2)10(11)13-5-12-8/h3-5H,1-2H3,(H2,11,12,13). The number of anilines is 1. The lowest BCUT2D eigenvalue weighted by Gasteiger charge is -2.06. The molecule has 4 nitrogen and oxygen atoms in total. The van der Waals surface area contributed by atoms with Crippen LogP contribution < -0.4 is 10.5 Å². The molecule has 1 aromatic heterocycles. The van der Waals surface area contributed by atoms with E-state index < -0.39 is 0 Å². The molecule has 0 bridgehead atoms. The zero-order valence-corrected chi connectivity index (χ0v) is 8.11. The van der Waals surface area contributed by atoms with Crippen LogP contribution in [-0.2, 0) is 0 Å². The van der Waals surface area contributed by atoms with Crippen LogP contribution in [0.15, 0.2) is 18.5 Å². The zero-order valence-electron chi connectivity index (χ0n) is 8.11. The lowest BCUT2D eigenvalue weighted by atomic mass is 10.1. The highest BCUT2D eigenvalue weighted by molar-refractivity contribution is 5.89. The summed E-state index contributed by atoms with van der Waals surface area (Å²) in [6.07, 6.45) is 1.46. The molecule has 1 heterocycles. The normalized spacial score (nSPS) is 10.4. The molecule has 2 rings (SSSR count). The Morgan fingerprint density at radius 3 is 2.79 bits per heavy atom. The van der Waals surface area contributed by atoms with Crippen molar-refractivity contribution in [2.75, 3.05) is 12.8 Å². The van der Waals surface area contributed by atoms with Gasteiger partial charge >= 0.3 is 0 Å². The molecule has 0 amide bonds. The Labute approximate surface area is 81.7 Å². The van der Waals surface area contributed by atoms with Crippen molar-refractivity contribution in [1.29, 1.82) is 0 Å². The van der Waals surface area contributed by atoms with E-state index in [-0.39, 0.29) is 0 Å². The zero-order chi connectivity index (χ0) is 10.1. The maximum absolute atomic E-state index is 5.72. The Morgan fingerprint density at radius 1 is 1.29 bits per heavy atom. The van der Waals surface area contributed by atoms with E-state index in [1.165, 1.54) is 6.33 Å². The van der Waals surface area contributed by atoms with Gasteiger partial charge in [-0.1, -0.05) is 0 Å². The molecule has 0 spiro atoms. The van der Waals surface area contributed by atoms with Crippen molar-refractivity contribution >= 4 is 16.7 Å². The second kappa shape index (κ2) is 3.14. The lowest BCUT2D eigenvalue weighted by molar-refractivity contribution is 0.412. The number of methoxy groups -OCH3 is 1. The number of benzene rings is 1. The summed E-state index contributed by atoms with van der Waals surface area (Å²) in [6.45, 7) is 1.97. The smallest absolute Gasteiger partial charge is 0.134 e. The first-order valence-corrected chi connectivity index (χ1v) is 4.27. The lowest BCUT2D eigenvalue weighted by Crippen LogP contribution is -1.95. The number of rotatable bonds is 1. The molecule has 1 aromatic carbocycles. The number of aromatic nitrogens is 2. The van der Waals surface area contributed by atoms with E-state index >= 15 is 0 Å². The molecule has 0 unspecified atom stereocenters. The number of hydrogen-bond acceptors (Lipinski definition) is 4. The maximum atomic E-state index is 5.72. The molecule has 0 saturated carbocycles. The molecule has 72 valence electrons. The van der Waals surface area contributed by atoms with Gasteiger partial charge in [-0.2, -0.15) is 0 Å². The van der Waals surface area contributed by atoms with Crippen LogP contribution in [0.2, 0.25) is 0 Å². The average molecular weight is 189 g/mol. The number of aryl methyl sites for hydroxylation is 1. The van der Waals surface area contributed by atoms with E-state index in [2.05, 4.69) is 9.97 Å². The van der Waals surface area contributed by atoms with E-state index in [9.17, 15) is 0 Å². The number of ether oxygens (including phenoxy) is 1. The van der Waals surface area contributed by atoms with Crippen LogP contribution in [0, 0.1) is 6.92 Å². The second-order valence-electron chi connectivity index (χ2n) is 3.10. The highest BCUT2D eigenvalue weighted by Crippen LogP contribution is 2.26. The minimum Gasteiger partial charge on any atom is -0.496 e. The maximum Gasteiger partial charge on any atom is 0.134 e. The van der Waals surface area contributed by atoms with E-state index in [1.807, 2.05) is 19.1 Å². The second-order valence-corrected chi connectivity index (χ2v) is 3.10. The van der Waals surface area contributed by atoms with Crippen LogP contribution in [0.5, 0.6) is 5.75 Å². The molecule has 0 saturated heterocycles. The third-order valence-electron chi connectivity index (χ3n) is 2.18. The van der Waals surface area contributed by atoms with Crippen LogP contribution in [0.1, 0.15) is 5.56 Å². The summed E-state index contributed by atoms with van der Waals surface area (Å²) in [7, 11) is 1.63. The summed E-state index contributed by atoms with van der Waals surface area (Å²) in [5.41, 5.74) is 7.61. The number of nitrogen functional groups attached to an aromatic ring is 1. The van der Waals surface area contributed by atoms with Gasteiger partial charge in [0.2, 0.25) is 0 Å². The fourth-order valence-electron chi connectivity index (χ4n) is 1.43. The first-order chi connectivity index (χ1) is 6.72. The summed E-state index contributed by atoms with van der Waals surface area (Å²) in [6, 6.07) is 3.80. The molecule has 4 heteroatoms. The van der Waals surface area contributed by atoms with Gasteiger partial charge in [0.05, 0.1) is 12.6 Å². The summed E-state index contributed by atoms with van der Waals surface area (Å²) >= 11 is 0. The Hall–Kier alpha value is -1.84. The minimum atomic E-state index is 0.480. The Balaban J connectivity index is 2.80. The number of hydrogen-bond donors (Lipinski definition) is 1. The molecular weight excluding hydrogens is 178 g/mol. The molecule has 0 atom stereocenters. The van der Waals surface area contributed by atoms with E-state index in [0.717, 1.165) is 22.2 Å². The topological polar surface area (TPSA) is 61.0 Å². The molecule has 0 radical (unpaired) electrons. The average Bonchev–Trinajstić information content (AvgIpc) is 2.17. The van der Waals surface area contributed by atoms with Gasteiger partial charge < -0.3 is 10.5 Å². The third-order valence-corrected chi connectivity index (χ3v) is 2.18. The summed E-state index contributed by atoms with van der Waals surface area (Å²) in [4.78, 5) is 8.06. The van der Waals surface area contributed by atoms with Crippen LogP contribution in [0.3, 0.4) is 0 Å². The minimum absolute atomic E-state index is 0.480. The fourth-order valence-corrected chi connectivity index (χ4v) is 1.43. The van der Waals surface area contributed by atoms with Gasteiger partial charge in [0, 0.05) is 5.39 Å². The molecule has 2 aromatic rings. The summed E-state index contributed by atoms with van der Waals surface area (Å²) in [5, 5.41) is 0.829. The predicted molar refractivity (Wildman–Crippen MR) is 55.2 cm³/mol. The molecule has 0 fully saturated rings. The molecule has 0 aliphatic carbocycles. The Bertz CT molecular complexity index is 482. The first-order valence-electron chi connectivity index (χ1n) is 4.27. The SMILES string of the molecule is COc1cc2c(N)ncnc2cc1C. The van der Waals surface area contributed by atoms with Gasteiger partial charge in [-0.15, -0.1) is 0 Å². The van der Waals surface area contributed by atoms with E-state index in [1.54, 1.807) is 7.11 Å². The van der Waals surface area contributed by atoms with Crippen LogP contribution in [0.4, 0.5) is 5.82 Å². The molecule has 14 heavy (non-hydrogen) atoms. The fraction of sp³-hybridized carbons (Fsp3) is 0.200. The van der Waals surface area contributed by atoms with E-state index in [4.69, 9.17) is 10.5 Å². The van der Waals surface area contributed by atoms with Crippen molar-refractivity contribution in [3.05, 3.63) is 24.0 Å². The first kappa shape index (κ1) is 8.74. The van der Waals surface area contributed by atoms with Crippen molar-refractivity contribution < 1.29 is 4.74 Å². The van der Waals surface area contributed by atoms with Crippen molar-refractivity contribution in [2.24, 2.45) is 0 Å². The molecule has 0 aliphatic rings. The van der Waals surface area contributed by atoms with Gasteiger partial charge in [-0.25, -0.2) is 9.97 Å². The van der Waals surface area contributed by atoms with Gasteiger partial charge in [0.1, 0.15) is 17.9 Å². The van der Waals surface area contributed by atoms with Crippen LogP contribution in [-0.4, -0.2) is 17.1 Å². The highest BCUT2D eigenvalue weighted by atomic mass is 16.5. The Morgan fingerprint density at radius 2 is 2.07 bits per heavy atom. The van der Waals surface area contributed by atoms with Crippen LogP contribution >= 0.6 is 0 Å². The van der Waals surface area contributed by atoms with Crippen molar-refractivity contribution in [3.63, 3.8) is 0 Å². The quantitative estimate of drug-likeness (QED) is 0.739. The largest absolute Gasteiger partial charge is 0.496 e. The van der Waals surface area contributed by atoms with Gasteiger partial charge in [0.25, 0.3) is 0 Å². The van der Waals surface area contributed by atoms with Crippen molar-refractivity contribution in [1.82, 2.24) is 9.97 Å². The molecule has 2 N–H and O–H groups in total. The van der Waals surface area contributed by atoms with Crippen LogP contribution in [0.25, 0.3) is 10.9 Å². The van der Waals surface area contributed by atoms with Crippen molar-refractivity contribution in [2.45, 2.75) is 6.92 Å². The number of nitrogens with two attached hydrogens (primary N) is 1. The highest BCUT2D eigenvalue weighted by Gasteiger charge is 2.05. The van der Waals surface area contributed by atoms with E-state index in [0.29, 0.717) is 5.82 Å². The van der Waals surface area contributed by atoms with Gasteiger partial charge in [0.15, 0.2) is 0 Å². The predicted octanol–water partition coefficient (Wildman–Crippen LogP) is 1.53. The molecule has 0 aliphatic heterocycles.